The lowest BCUT2D eigenvalue weighted by atomic mass is 9.63. The van der Waals surface area contributed by atoms with Crippen LogP contribution in [0.5, 0.6) is 5.75 Å². The predicted molar refractivity (Wildman–Crippen MR) is 121 cm³/mol. The predicted octanol–water partition coefficient (Wildman–Crippen LogP) is 3.29. The molecule has 7 nitrogen and oxygen atoms in total. The number of carbonyl (C=O) groups is 4. The van der Waals surface area contributed by atoms with E-state index in [4.69, 9.17) is 9.47 Å². The summed E-state index contributed by atoms with van der Waals surface area (Å²) in [6, 6.07) is 12.8. The van der Waals surface area contributed by atoms with Crippen LogP contribution in [0.2, 0.25) is 0 Å². The van der Waals surface area contributed by atoms with Crippen LogP contribution in [0, 0.1) is 35.5 Å². The molecule has 3 fully saturated rings. The van der Waals surface area contributed by atoms with Crippen LogP contribution < -0.4 is 9.64 Å². The molecule has 7 heteroatoms. The molecule has 172 valence electrons. The van der Waals surface area contributed by atoms with Crippen LogP contribution in [0.25, 0.3) is 0 Å². The fraction of sp³-hybridized carbons (Fsp3) is 0.333. The van der Waals surface area contributed by atoms with Crippen LogP contribution in [-0.4, -0.2) is 37.3 Å². The average Bonchev–Trinajstić information content (AvgIpc) is 3.65. The van der Waals surface area contributed by atoms with Gasteiger partial charge in [0.05, 0.1) is 30.2 Å². The van der Waals surface area contributed by atoms with E-state index >= 15 is 0 Å². The molecule has 34 heavy (non-hydrogen) atoms. The molecular weight excluding hydrogens is 434 g/mol. The van der Waals surface area contributed by atoms with Gasteiger partial charge in [0.2, 0.25) is 11.8 Å². The molecule has 6 atom stereocenters. The number of amides is 2. The monoisotopic (exact) mass is 457 g/mol. The first kappa shape index (κ1) is 20.8. The van der Waals surface area contributed by atoms with Gasteiger partial charge in [-0.25, -0.2) is 9.69 Å². The molecule has 0 unspecified atom stereocenters. The molecule has 0 N–H and O–H groups in total. The third-order valence-electron chi connectivity index (χ3n) is 7.75. The summed E-state index contributed by atoms with van der Waals surface area (Å²) in [6.45, 7) is -0.418. The number of hydrogen-bond donors (Lipinski definition) is 0. The van der Waals surface area contributed by atoms with E-state index in [0.717, 1.165) is 6.42 Å². The van der Waals surface area contributed by atoms with Gasteiger partial charge in [-0.05, 0) is 72.6 Å². The maximum Gasteiger partial charge on any atom is 0.338 e. The van der Waals surface area contributed by atoms with Crippen molar-refractivity contribution in [3.8, 4) is 5.75 Å². The van der Waals surface area contributed by atoms with Crippen molar-refractivity contribution < 1.29 is 28.7 Å². The molecule has 2 bridgehead atoms. The molecule has 2 aromatic carbocycles. The summed E-state index contributed by atoms with van der Waals surface area (Å²) in [7, 11) is 1.54. The third kappa shape index (κ3) is 3.10. The van der Waals surface area contributed by atoms with E-state index in [-0.39, 0.29) is 46.8 Å². The van der Waals surface area contributed by atoms with Crippen LogP contribution in [-0.2, 0) is 14.3 Å². The number of Topliss-reactive ketones (excluding diaryl/α,β-unsaturated/α-hetero) is 1. The van der Waals surface area contributed by atoms with E-state index in [1.54, 1.807) is 42.5 Å². The van der Waals surface area contributed by atoms with Gasteiger partial charge in [0.15, 0.2) is 12.4 Å². The zero-order chi connectivity index (χ0) is 23.6. The van der Waals surface area contributed by atoms with Gasteiger partial charge in [0, 0.05) is 5.56 Å². The van der Waals surface area contributed by atoms with Gasteiger partial charge in [-0.15, -0.1) is 0 Å². The Bertz CT molecular complexity index is 1210. The maximum absolute atomic E-state index is 13.3. The minimum Gasteiger partial charge on any atom is -0.497 e. The van der Waals surface area contributed by atoms with Gasteiger partial charge in [0.1, 0.15) is 5.75 Å². The number of esters is 1. The normalized spacial score (nSPS) is 30.1. The van der Waals surface area contributed by atoms with Crippen LogP contribution in [0.15, 0.2) is 60.7 Å². The summed E-state index contributed by atoms with van der Waals surface area (Å²) in [5.74, 6) is -0.0530. The molecule has 1 heterocycles. The van der Waals surface area contributed by atoms with Crippen molar-refractivity contribution in [2.45, 2.75) is 6.42 Å². The highest BCUT2D eigenvalue weighted by molar-refractivity contribution is 6.23. The first-order valence-electron chi connectivity index (χ1n) is 11.5. The Hall–Kier alpha value is -3.74. The zero-order valence-electron chi connectivity index (χ0n) is 18.5. The maximum atomic E-state index is 13.3. The fourth-order valence-electron chi connectivity index (χ4n) is 6.06. The molecule has 4 aliphatic carbocycles. The van der Waals surface area contributed by atoms with Crippen molar-refractivity contribution >= 4 is 29.3 Å². The van der Waals surface area contributed by atoms with Crippen LogP contribution in [0.1, 0.15) is 27.1 Å². The first-order valence-corrected chi connectivity index (χ1v) is 11.5. The van der Waals surface area contributed by atoms with Crippen LogP contribution >= 0.6 is 0 Å². The van der Waals surface area contributed by atoms with Gasteiger partial charge >= 0.3 is 5.97 Å². The number of ketones is 1. The van der Waals surface area contributed by atoms with Crippen LogP contribution in [0.3, 0.4) is 0 Å². The van der Waals surface area contributed by atoms with E-state index in [2.05, 4.69) is 12.2 Å². The molecule has 2 aromatic rings. The number of imide groups is 1. The lowest BCUT2D eigenvalue weighted by Crippen LogP contribution is -2.40. The summed E-state index contributed by atoms with van der Waals surface area (Å²) in [4.78, 5) is 52.8. The summed E-state index contributed by atoms with van der Waals surface area (Å²) < 4.78 is 10.3. The second-order valence-electron chi connectivity index (χ2n) is 9.44. The van der Waals surface area contributed by atoms with E-state index in [1.165, 1.54) is 18.1 Å². The number of anilines is 1. The van der Waals surface area contributed by atoms with Crippen molar-refractivity contribution in [2.75, 3.05) is 18.6 Å². The van der Waals surface area contributed by atoms with Crippen molar-refractivity contribution in [1.82, 2.24) is 0 Å². The Morgan fingerprint density at radius 2 is 1.56 bits per heavy atom. The number of ether oxygens (including phenoxy) is 2. The van der Waals surface area contributed by atoms with E-state index < -0.39 is 12.6 Å². The van der Waals surface area contributed by atoms with Gasteiger partial charge in [-0.3, -0.25) is 14.4 Å². The lowest BCUT2D eigenvalue weighted by Gasteiger charge is -2.37. The molecule has 0 radical (unpaired) electrons. The van der Waals surface area contributed by atoms with E-state index in [0.29, 0.717) is 28.8 Å². The number of rotatable bonds is 6. The minimum absolute atomic E-state index is 0.138. The van der Waals surface area contributed by atoms with Crippen molar-refractivity contribution in [3.05, 3.63) is 71.8 Å². The molecule has 5 aliphatic rings. The Morgan fingerprint density at radius 1 is 0.912 bits per heavy atom. The van der Waals surface area contributed by atoms with Gasteiger partial charge in [0.25, 0.3) is 0 Å². The Balaban J connectivity index is 1.17. The second-order valence-corrected chi connectivity index (χ2v) is 9.44. The number of methoxy groups -OCH3 is 1. The third-order valence-corrected chi connectivity index (χ3v) is 7.75. The molecule has 1 aliphatic heterocycles. The quantitative estimate of drug-likeness (QED) is 0.286. The van der Waals surface area contributed by atoms with E-state index in [9.17, 15) is 19.2 Å². The molecular formula is C27H23NO6. The highest BCUT2D eigenvalue weighted by Gasteiger charge is 2.67. The summed E-state index contributed by atoms with van der Waals surface area (Å²) in [5.41, 5.74) is 0.951. The lowest BCUT2D eigenvalue weighted by molar-refractivity contribution is -0.124. The number of carbonyl (C=O) groups excluding carboxylic acids is 4. The number of nitrogens with zero attached hydrogens (tertiary/aromatic N) is 1. The summed E-state index contributed by atoms with van der Waals surface area (Å²) in [5, 5.41) is 0. The molecule has 7 rings (SSSR count). The van der Waals surface area contributed by atoms with Crippen molar-refractivity contribution in [1.29, 1.82) is 0 Å². The number of benzene rings is 2. The van der Waals surface area contributed by atoms with Crippen molar-refractivity contribution in [2.24, 2.45) is 35.5 Å². The molecule has 2 amide bonds. The largest absolute Gasteiger partial charge is 0.497 e. The number of allylic oxidation sites excluding steroid dienone is 2. The standard InChI is InChI=1S/C27H23NO6/c1-33-17-7-5-14(6-8-17)22(29)13-34-27(32)15-3-2-4-16(11-15)28-25(30)23-18-9-10-19(21-12-20(18)21)24(23)26(28)31/h2-11,18-21,23-24H,12-13H2,1H3/t18-,19-,20-,21-,23-,24+/m1/s1. The highest BCUT2D eigenvalue weighted by Crippen LogP contribution is 2.65. The van der Waals surface area contributed by atoms with Crippen molar-refractivity contribution in [3.63, 3.8) is 0 Å². The second kappa shape index (κ2) is 7.65. The smallest absolute Gasteiger partial charge is 0.338 e. The molecule has 1 saturated heterocycles. The SMILES string of the molecule is COc1ccc(C(=O)COC(=O)c2cccc(N3C(=O)[C@@H]4[C@@H]5C=C[C@H]([C@H]6C[C@H]56)[C@@H]4C3=O)c2)cc1. The van der Waals surface area contributed by atoms with Gasteiger partial charge < -0.3 is 9.47 Å². The summed E-state index contributed by atoms with van der Waals surface area (Å²) >= 11 is 0. The zero-order valence-corrected chi connectivity index (χ0v) is 18.5. The minimum atomic E-state index is -0.691. The van der Waals surface area contributed by atoms with Gasteiger partial charge in [-0.1, -0.05) is 18.2 Å². The topological polar surface area (TPSA) is 90.0 Å². The Morgan fingerprint density at radius 3 is 2.18 bits per heavy atom. The van der Waals surface area contributed by atoms with Crippen LogP contribution in [0.4, 0.5) is 5.69 Å². The summed E-state index contributed by atoms with van der Waals surface area (Å²) in [6.07, 6.45) is 5.36. The number of hydrogen-bond acceptors (Lipinski definition) is 6. The highest BCUT2D eigenvalue weighted by atomic mass is 16.5. The first-order chi connectivity index (χ1) is 16.5. The van der Waals surface area contributed by atoms with E-state index in [1.807, 2.05) is 0 Å². The molecule has 0 aromatic heterocycles. The molecule has 0 spiro atoms. The Kier molecular flexibility index (Phi) is 4.69. The Labute approximate surface area is 196 Å². The molecule has 2 saturated carbocycles. The average molecular weight is 457 g/mol. The fourth-order valence-corrected chi connectivity index (χ4v) is 6.06. The van der Waals surface area contributed by atoms with Gasteiger partial charge in [-0.2, -0.15) is 0 Å².